The third-order valence-corrected chi connectivity index (χ3v) is 7.82. The van der Waals surface area contributed by atoms with E-state index in [-0.39, 0.29) is 10.8 Å². The summed E-state index contributed by atoms with van der Waals surface area (Å²) in [6.07, 6.45) is 3.91. The zero-order valence-electron chi connectivity index (χ0n) is 20.2. The Kier molecular flexibility index (Phi) is 7.28. The Bertz CT molecular complexity index is 1770. The van der Waals surface area contributed by atoms with E-state index < -0.39 is 10.0 Å². The number of nitrogens with two attached hydrogens (primary N) is 1. The molecule has 0 unspecified atom stereocenters. The number of nitrogens with one attached hydrogen (secondary N) is 2. The van der Waals surface area contributed by atoms with Gasteiger partial charge in [-0.2, -0.15) is 0 Å². The van der Waals surface area contributed by atoms with Crippen LogP contribution >= 0.6 is 11.3 Å². The number of primary sulfonamides is 1. The van der Waals surface area contributed by atoms with Gasteiger partial charge in [-0.25, -0.2) is 18.5 Å². The van der Waals surface area contributed by atoms with Gasteiger partial charge in [-0.3, -0.25) is 14.6 Å². The highest BCUT2D eigenvalue weighted by atomic mass is 32.2. The van der Waals surface area contributed by atoms with Gasteiger partial charge >= 0.3 is 0 Å². The minimum absolute atomic E-state index is 0.0188. The molecule has 0 fully saturated rings. The van der Waals surface area contributed by atoms with Crippen LogP contribution in [-0.2, 0) is 14.8 Å². The minimum atomic E-state index is -3.91. The molecule has 0 bridgehead atoms. The lowest BCUT2D eigenvalue weighted by molar-refractivity contribution is -0.105. The molecule has 2 heterocycles. The first kappa shape index (κ1) is 25.9. The summed E-state index contributed by atoms with van der Waals surface area (Å²) in [5, 5.41) is 11.5. The van der Waals surface area contributed by atoms with E-state index in [1.54, 1.807) is 79.1 Å². The van der Waals surface area contributed by atoms with Crippen molar-refractivity contribution in [3.8, 4) is 33.0 Å². The number of nitrogens with zero attached hydrogens (tertiary/aromatic N) is 2. The first-order chi connectivity index (χ1) is 18.8. The van der Waals surface area contributed by atoms with E-state index in [4.69, 9.17) is 10.1 Å². The maximum Gasteiger partial charge on any atom is 0.268 e. The number of pyridine rings is 1. The summed E-state index contributed by atoms with van der Waals surface area (Å²) in [5.41, 5.74) is 4.07. The normalized spacial score (nSPS) is 11.1. The molecule has 194 valence electrons. The van der Waals surface area contributed by atoms with Crippen LogP contribution in [0, 0.1) is 0 Å². The second kappa shape index (κ2) is 11.0. The third-order valence-electron chi connectivity index (χ3n) is 5.75. The fourth-order valence-corrected chi connectivity index (χ4v) is 5.71. The number of carbonyl (C=O) groups is 2. The van der Waals surface area contributed by atoms with Crippen molar-refractivity contribution >= 4 is 45.1 Å². The van der Waals surface area contributed by atoms with Crippen LogP contribution in [0.25, 0.3) is 33.0 Å². The van der Waals surface area contributed by atoms with Gasteiger partial charge in [-0.1, -0.05) is 42.5 Å². The Morgan fingerprint density at radius 3 is 2.36 bits per heavy atom. The summed E-state index contributed by atoms with van der Waals surface area (Å²) in [7, 11) is -3.91. The van der Waals surface area contributed by atoms with Crippen LogP contribution in [0.5, 0.6) is 0 Å². The summed E-state index contributed by atoms with van der Waals surface area (Å²) in [4.78, 5) is 33.7. The number of benzene rings is 3. The number of aromatic nitrogens is 2. The van der Waals surface area contributed by atoms with Crippen LogP contribution in [0.1, 0.15) is 9.67 Å². The zero-order valence-corrected chi connectivity index (χ0v) is 21.9. The monoisotopic (exact) mass is 555 g/mol. The van der Waals surface area contributed by atoms with Gasteiger partial charge in [0.1, 0.15) is 9.88 Å². The van der Waals surface area contributed by atoms with Gasteiger partial charge in [-0.15, -0.1) is 11.3 Å². The maximum absolute atomic E-state index is 13.5. The molecule has 0 radical (unpaired) electrons. The molecule has 2 aromatic heterocycles. The first-order valence-electron chi connectivity index (χ1n) is 11.6. The molecule has 5 rings (SSSR count). The standard InChI is InChI=1S/C28H21N5O4S2/c29-39(36,37)24-9-2-1-8-23(24)18-10-12-21(13-11-18)32-27(35)26-25(19-5-3-7-22(15-19)31-17-34)33-28(38-26)20-6-4-14-30-16-20/h1-17H,(H,31,34)(H,32,35)(H2,29,36,37). The summed E-state index contributed by atoms with van der Waals surface area (Å²) in [6.45, 7) is 0. The summed E-state index contributed by atoms with van der Waals surface area (Å²) < 4.78 is 24.0. The highest BCUT2D eigenvalue weighted by Gasteiger charge is 2.21. The van der Waals surface area contributed by atoms with Crippen molar-refractivity contribution in [3.63, 3.8) is 0 Å². The van der Waals surface area contributed by atoms with Crippen molar-refractivity contribution in [2.24, 2.45) is 5.14 Å². The highest BCUT2D eigenvalue weighted by molar-refractivity contribution is 7.89. The highest BCUT2D eigenvalue weighted by Crippen LogP contribution is 2.35. The quantitative estimate of drug-likeness (QED) is 0.230. The van der Waals surface area contributed by atoms with Crippen molar-refractivity contribution in [1.82, 2.24) is 9.97 Å². The van der Waals surface area contributed by atoms with Gasteiger partial charge in [0, 0.05) is 40.5 Å². The van der Waals surface area contributed by atoms with Gasteiger partial charge in [0.2, 0.25) is 16.4 Å². The lowest BCUT2D eigenvalue weighted by Gasteiger charge is -2.10. The van der Waals surface area contributed by atoms with Crippen LogP contribution in [0.15, 0.2) is 102 Å². The summed E-state index contributed by atoms with van der Waals surface area (Å²) >= 11 is 1.23. The molecule has 0 aliphatic heterocycles. The molecule has 0 aliphatic rings. The average Bonchev–Trinajstić information content (AvgIpc) is 3.40. The lowest BCUT2D eigenvalue weighted by atomic mass is 10.1. The maximum atomic E-state index is 13.5. The van der Waals surface area contributed by atoms with Crippen LogP contribution in [0.3, 0.4) is 0 Å². The van der Waals surface area contributed by atoms with E-state index in [0.29, 0.717) is 50.1 Å². The SMILES string of the molecule is NS(=O)(=O)c1ccccc1-c1ccc(NC(=O)c2sc(-c3cccnc3)nc2-c2cccc(NC=O)c2)cc1. The van der Waals surface area contributed by atoms with E-state index in [9.17, 15) is 18.0 Å². The van der Waals surface area contributed by atoms with Crippen LogP contribution < -0.4 is 15.8 Å². The predicted octanol–water partition coefficient (Wildman–Crippen LogP) is 5.01. The van der Waals surface area contributed by atoms with E-state index >= 15 is 0 Å². The van der Waals surface area contributed by atoms with Gasteiger partial charge in [0.05, 0.1) is 10.6 Å². The van der Waals surface area contributed by atoms with Crippen molar-refractivity contribution in [2.45, 2.75) is 4.90 Å². The lowest BCUT2D eigenvalue weighted by Crippen LogP contribution is -2.13. The number of sulfonamides is 1. The minimum Gasteiger partial charge on any atom is -0.329 e. The number of rotatable bonds is 8. The topological polar surface area (TPSA) is 144 Å². The second-order valence-electron chi connectivity index (χ2n) is 8.35. The predicted molar refractivity (Wildman–Crippen MR) is 152 cm³/mol. The Balaban J connectivity index is 1.48. The molecule has 0 saturated heterocycles. The molecule has 9 nitrogen and oxygen atoms in total. The van der Waals surface area contributed by atoms with Crippen molar-refractivity contribution in [1.29, 1.82) is 0 Å². The molecule has 2 amide bonds. The Morgan fingerprint density at radius 1 is 0.872 bits per heavy atom. The molecular weight excluding hydrogens is 534 g/mol. The van der Waals surface area contributed by atoms with Crippen molar-refractivity contribution < 1.29 is 18.0 Å². The largest absolute Gasteiger partial charge is 0.329 e. The molecule has 0 atom stereocenters. The van der Waals surface area contributed by atoms with E-state index in [1.807, 2.05) is 12.1 Å². The number of anilines is 2. The Morgan fingerprint density at radius 2 is 1.64 bits per heavy atom. The third kappa shape index (κ3) is 5.75. The fourth-order valence-electron chi connectivity index (χ4n) is 3.98. The van der Waals surface area contributed by atoms with Crippen LogP contribution in [0.2, 0.25) is 0 Å². The molecule has 3 aromatic carbocycles. The molecule has 39 heavy (non-hydrogen) atoms. The number of thiazole rings is 1. The van der Waals surface area contributed by atoms with Gasteiger partial charge in [0.25, 0.3) is 5.91 Å². The average molecular weight is 556 g/mol. The Labute approximate surface area is 228 Å². The zero-order chi connectivity index (χ0) is 27.4. The summed E-state index contributed by atoms with van der Waals surface area (Å²) in [6, 6.07) is 24.0. The van der Waals surface area contributed by atoms with E-state index in [0.717, 1.165) is 5.56 Å². The van der Waals surface area contributed by atoms with Crippen LogP contribution in [-0.4, -0.2) is 30.7 Å². The van der Waals surface area contributed by atoms with Gasteiger partial charge in [0.15, 0.2) is 0 Å². The first-order valence-corrected chi connectivity index (χ1v) is 14.0. The molecule has 11 heteroatoms. The number of hydrogen-bond donors (Lipinski definition) is 3. The molecule has 0 saturated carbocycles. The number of amides is 2. The molecule has 4 N–H and O–H groups in total. The smallest absolute Gasteiger partial charge is 0.268 e. The molecule has 0 aliphatic carbocycles. The Hall–Kier alpha value is -4.71. The summed E-state index contributed by atoms with van der Waals surface area (Å²) in [5.74, 6) is -0.371. The fraction of sp³-hybridized carbons (Fsp3) is 0. The van der Waals surface area contributed by atoms with Gasteiger partial charge < -0.3 is 10.6 Å². The number of carbonyl (C=O) groups excluding carboxylic acids is 2. The van der Waals surface area contributed by atoms with Crippen molar-refractivity contribution in [3.05, 3.63) is 102 Å². The van der Waals surface area contributed by atoms with Gasteiger partial charge in [-0.05, 0) is 48.0 Å². The van der Waals surface area contributed by atoms with E-state index in [1.165, 1.54) is 17.4 Å². The number of hydrogen-bond acceptors (Lipinski definition) is 7. The van der Waals surface area contributed by atoms with Crippen molar-refractivity contribution in [2.75, 3.05) is 10.6 Å². The molecule has 5 aromatic rings. The molecule has 0 spiro atoms. The van der Waals surface area contributed by atoms with Crippen LogP contribution in [0.4, 0.5) is 11.4 Å². The molecular formula is C28H21N5O4S2. The second-order valence-corrected chi connectivity index (χ2v) is 10.9. The van der Waals surface area contributed by atoms with E-state index in [2.05, 4.69) is 15.6 Å².